The summed E-state index contributed by atoms with van der Waals surface area (Å²) in [6.45, 7) is 2.71. The van der Waals surface area contributed by atoms with Crippen LogP contribution in [-0.4, -0.2) is 11.9 Å². The molecule has 0 fully saturated rings. The summed E-state index contributed by atoms with van der Waals surface area (Å²) in [5, 5.41) is 1.99. The highest BCUT2D eigenvalue weighted by molar-refractivity contribution is 5.85. The van der Waals surface area contributed by atoms with Crippen LogP contribution < -0.4 is 18.9 Å². The van der Waals surface area contributed by atoms with Gasteiger partial charge < -0.3 is 18.9 Å². The lowest BCUT2D eigenvalue weighted by Crippen LogP contribution is -2.00. The van der Waals surface area contributed by atoms with E-state index in [1.807, 2.05) is 36.4 Å². The molecule has 0 amide bonds. The fourth-order valence-corrected chi connectivity index (χ4v) is 3.09. The van der Waals surface area contributed by atoms with E-state index in [4.69, 9.17) is 18.9 Å². The third-order valence-electron chi connectivity index (χ3n) is 4.43. The van der Waals surface area contributed by atoms with E-state index in [0.29, 0.717) is 34.5 Å². The highest BCUT2D eigenvalue weighted by Gasteiger charge is 2.05. The minimum Gasteiger partial charge on any atom is -0.457 e. The van der Waals surface area contributed by atoms with Crippen molar-refractivity contribution in [2.45, 2.75) is 13.8 Å². The third kappa shape index (κ3) is 5.43. The predicted molar refractivity (Wildman–Crippen MR) is 120 cm³/mol. The van der Waals surface area contributed by atoms with E-state index in [1.165, 1.54) is 13.8 Å². The topological polar surface area (TPSA) is 71.1 Å². The van der Waals surface area contributed by atoms with Gasteiger partial charge in [0.2, 0.25) is 0 Å². The van der Waals surface area contributed by atoms with Gasteiger partial charge in [-0.15, -0.1) is 0 Å². The Bertz CT molecular complexity index is 1160. The number of fused-ring (bicyclic) bond motifs is 1. The Labute approximate surface area is 184 Å². The van der Waals surface area contributed by atoms with E-state index in [-0.39, 0.29) is 11.9 Å². The molecule has 0 unspecified atom stereocenters. The van der Waals surface area contributed by atoms with Crippen molar-refractivity contribution >= 4 is 22.7 Å². The Hall–Kier alpha value is -4.32. The Balaban J connectivity index is 1.48. The van der Waals surface area contributed by atoms with Gasteiger partial charge in [-0.2, -0.15) is 0 Å². The van der Waals surface area contributed by atoms with Crippen molar-refractivity contribution in [2.24, 2.45) is 0 Å². The van der Waals surface area contributed by atoms with Crippen LogP contribution in [0.4, 0.5) is 0 Å². The summed E-state index contributed by atoms with van der Waals surface area (Å²) in [6.07, 6.45) is 0. The maximum atomic E-state index is 11.0. The second kappa shape index (κ2) is 9.22. The molecule has 0 N–H and O–H groups in total. The molecule has 4 rings (SSSR count). The fraction of sp³-hybridized carbons (Fsp3) is 0.0769. The summed E-state index contributed by atoms with van der Waals surface area (Å²) in [5.74, 6) is 2.78. The molecule has 0 aliphatic carbocycles. The van der Waals surface area contributed by atoms with Crippen molar-refractivity contribution in [3.63, 3.8) is 0 Å². The minimum atomic E-state index is -0.369. The lowest BCUT2D eigenvalue weighted by Gasteiger charge is -2.10. The number of benzene rings is 4. The van der Waals surface area contributed by atoms with E-state index >= 15 is 0 Å². The van der Waals surface area contributed by atoms with E-state index in [9.17, 15) is 9.59 Å². The molecular weight excluding hydrogens is 408 g/mol. The Morgan fingerprint density at radius 1 is 0.469 bits per heavy atom. The van der Waals surface area contributed by atoms with Crippen LogP contribution in [0.15, 0.2) is 84.9 Å². The molecule has 160 valence electrons. The smallest absolute Gasteiger partial charge is 0.308 e. The van der Waals surface area contributed by atoms with Gasteiger partial charge in [-0.25, -0.2) is 0 Å². The number of carbonyl (C=O) groups excluding carboxylic acids is 2. The fourth-order valence-electron chi connectivity index (χ4n) is 3.09. The molecule has 32 heavy (non-hydrogen) atoms. The van der Waals surface area contributed by atoms with Gasteiger partial charge in [0.25, 0.3) is 0 Å². The van der Waals surface area contributed by atoms with Crippen LogP contribution in [0.25, 0.3) is 10.8 Å². The first kappa shape index (κ1) is 20.9. The Morgan fingerprint density at radius 2 is 0.812 bits per heavy atom. The highest BCUT2D eigenvalue weighted by Crippen LogP contribution is 2.31. The Kier molecular flexibility index (Phi) is 6.03. The normalized spacial score (nSPS) is 10.4. The zero-order valence-corrected chi connectivity index (χ0v) is 17.5. The number of ether oxygens (including phenoxy) is 4. The summed E-state index contributed by atoms with van der Waals surface area (Å²) in [7, 11) is 0. The number of carbonyl (C=O) groups is 2. The zero-order valence-electron chi connectivity index (χ0n) is 17.5. The van der Waals surface area contributed by atoms with Crippen LogP contribution in [0.2, 0.25) is 0 Å². The Morgan fingerprint density at radius 3 is 1.19 bits per heavy atom. The predicted octanol–water partition coefficient (Wildman–Crippen LogP) is 6.28. The van der Waals surface area contributed by atoms with Gasteiger partial charge in [-0.05, 0) is 83.6 Å². The molecule has 4 aromatic carbocycles. The molecule has 6 nitrogen and oxygen atoms in total. The van der Waals surface area contributed by atoms with E-state index in [2.05, 4.69) is 0 Å². The summed E-state index contributed by atoms with van der Waals surface area (Å²) < 4.78 is 21.9. The zero-order chi connectivity index (χ0) is 22.5. The van der Waals surface area contributed by atoms with E-state index in [0.717, 1.165) is 10.8 Å². The summed E-state index contributed by atoms with van der Waals surface area (Å²) >= 11 is 0. The highest BCUT2D eigenvalue weighted by atomic mass is 16.5. The molecule has 0 aromatic heterocycles. The van der Waals surface area contributed by atoms with Gasteiger partial charge in [0.15, 0.2) is 0 Å². The van der Waals surface area contributed by atoms with Crippen LogP contribution in [0.5, 0.6) is 34.5 Å². The average molecular weight is 428 g/mol. The van der Waals surface area contributed by atoms with E-state index in [1.54, 1.807) is 48.5 Å². The molecule has 0 atom stereocenters. The summed E-state index contributed by atoms with van der Waals surface area (Å²) in [5.41, 5.74) is 0. The maximum Gasteiger partial charge on any atom is 0.308 e. The van der Waals surface area contributed by atoms with Gasteiger partial charge in [0, 0.05) is 13.8 Å². The SMILES string of the molecule is CC(=O)Oc1ccc(Oc2ccc3ccc(Oc4ccc(OC(C)=O)cc4)cc3c2)cc1. The number of rotatable bonds is 6. The second-order valence-electron chi connectivity index (χ2n) is 7.00. The molecule has 0 saturated carbocycles. The molecule has 0 aliphatic rings. The maximum absolute atomic E-state index is 11.0. The number of esters is 2. The first-order valence-electron chi connectivity index (χ1n) is 9.91. The van der Waals surface area contributed by atoms with E-state index < -0.39 is 0 Å². The van der Waals surface area contributed by atoms with Crippen LogP contribution in [0.3, 0.4) is 0 Å². The second-order valence-corrected chi connectivity index (χ2v) is 7.00. The largest absolute Gasteiger partial charge is 0.457 e. The van der Waals surface area contributed by atoms with Gasteiger partial charge in [-0.3, -0.25) is 9.59 Å². The third-order valence-corrected chi connectivity index (χ3v) is 4.43. The summed E-state index contributed by atoms with van der Waals surface area (Å²) in [6, 6.07) is 25.2. The molecule has 0 heterocycles. The molecule has 6 heteroatoms. The van der Waals surface area contributed by atoms with Gasteiger partial charge in [-0.1, -0.05) is 12.1 Å². The standard InChI is InChI=1S/C26H20O6/c1-17(27)29-21-7-11-23(12-8-21)31-25-5-3-19-4-6-26(16-20(19)15-25)32-24-13-9-22(10-14-24)30-18(2)28/h3-16H,1-2H3. The number of hydrogen-bond donors (Lipinski definition) is 0. The first-order valence-corrected chi connectivity index (χ1v) is 9.91. The van der Waals surface area contributed by atoms with Crippen LogP contribution in [-0.2, 0) is 9.59 Å². The average Bonchev–Trinajstić information content (AvgIpc) is 2.76. The minimum absolute atomic E-state index is 0.369. The summed E-state index contributed by atoms with van der Waals surface area (Å²) in [4.78, 5) is 22.1. The molecule has 0 saturated heterocycles. The van der Waals surface area contributed by atoms with Crippen molar-refractivity contribution in [1.29, 1.82) is 0 Å². The van der Waals surface area contributed by atoms with Gasteiger partial charge >= 0.3 is 11.9 Å². The van der Waals surface area contributed by atoms with Crippen LogP contribution in [0.1, 0.15) is 13.8 Å². The monoisotopic (exact) mass is 428 g/mol. The quantitative estimate of drug-likeness (QED) is 0.266. The van der Waals surface area contributed by atoms with Crippen molar-refractivity contribution in [2.75, 3.05) is 0 Å². The van der Waals surface area contributed by atoms with Crippen molar-refractivity contribution in [3.8, 4) is 34.5 Å². The molecular formula is C26H20O6. The van der Waals surface area contributed by atoms with Crippen LogP contribution >= 0.6 is 0 Å². The molecule has 0 radical (unpaired) electrons. The lowest BCUT2D eigenvalue weighted by atomic mass is 10.1. The van der Waals surface area contributed by atoms with Crippen molar-refractivity contribution in [1.82, 2.24) is 0 Å². The van der Waals surface area contributed by atoms with Gasteiger partial charge in [0.1, 0.15) is 34.5 Å². The molecule has 0 aliphatic heterocycles. The van der Waals surface area contributed by atoms with Crippen molar-refractivity contribution in [3.05, 3.63) is 84.9 Å². The molecule has 4 aromatic rings. The lowest BCUT2D eigenvalue weighted by molar-refractivity contribution is -0.132. The van der Waals surface area contributed by atoms with Crippen molar-refractivity contribution < 1.29 is 28.5 Å². The first-order chi connectivity index (χ1) is 15.4. The number of hydrogen-bond acceptors (Lipinski definition) is 6. The molecule has 0 bridgehead atoms. The molecule has 0 spiro atoms. The van der Waals surface area contributed by atoms with Crippen LogP contribution in [0, 0.1) is 0 Å². The van der Waals surface area contributed by atoms with Gasteiger partial charge in [0.05, 0.1) is 0 Å².